The van der Waals surface area contributed by atoms with Crippen molar-refractivity contribution in [1.29, 1.82) is 0 Å². The van der Waals surface area contributed by atoms with Gasteiger partial charge in [0.1, 0.15) is 0 Å². The van der Waals surface area contributed by atoms with Crippen molar-refractivity contribution in [2.24, 2.45) is 11.8 Å². The molecule has 1 heterocycles. The molecule has 1 saturated carbocycles. The summed E-state index contributed by atoms with van der Waals surface area (Å²) < 4.78 is 8.00. The largest absolute Gasteiger partial charge is 0.478 e. The number of thiol groups is 1. The lowest BCUT2D eigenvalue weighted by Crippen LogP contribution is -2.33. The second-order valence-corrected chi connectivity index (χ2v) is 10.7. The van der Waals surface area contributed by atoms with E-state index in [9.17, 15) is 14.7 Å². The van der Waals surface area contributed by atoms with Crippen LogP contribution in [0.3, 0.4) is 0 Å². The molecule has 8 heteroatoms. The monoisotopic (exact) mass is 535 g/mol. The number of nitrogens with one attached hydrogen (secondary N) is 1. The number of carbonyl (C=O) groups is 2. The fourth-order valence-electron chi connectivity index (χ4n) is 4.80. The molecule has 0 saturated heterocycles. The van der Waals surface area contributed by atoms with Gasteiger partial charge < -0.3 is 15.2 Å². The van der Waals surface area contributed by atoms with E-state index in [-0.39, 0.29) is 17.4 Å². The first-order chi connectivity index (χ1) is 18.3. The van der Waals surface area contributed by atoms with Crippen LogP contribution in [-0.4, -0.2) is 38.9 Å². The van der Waals surface area contributed by atoms with Crippen molar-refractivity contribution in [3.8, 4) is 17.1 Å². The molecular formula is C30H37N3O4S. The van der Waals surface area contributed by atoms with Gasteiger partial charge in [0.15, 0.2) is 0 Å². The van der Waals surface area contributed by atoms with E-state index in [1.165, 1.54) is 0 Å². The summed E-state index contributed by atoms with van der Waals surface area (Å²) in [5.74, 6) is 0.265. The molecule has 202 valence electrons. The molecule has 7 nitrogen and oxygen atoms in total. The van der Waals surface area contributed by atoms with Crippen LogP contribution in [0.5, 0.6) is 6.01 Å². The van der Waals surface area contributed by atoms with Crippen LogP contribution < -0.4 is 10.1 Å². The van der Waals surface area contributed by atoms with Crippen molar-refractivity contribution >= 4 is 24.5 Å². The average molecular weight is 536 g/mol. The Kier molecular flexibility index (Phi) is 9.15. The van der Waals surface area contributed by atoms with Crippen molar-refractivity contribution in [1.82, 2.24) is 14.9 Å². The molecule has 1 amide bonds. The molecule has 2 aromatic carbocycles. The van der Waals surface area contributed by atoms with Gasteiger partial charge in [-0.25, -0.2) is 4.79 Å². The molecule has 1 aromatic heterocycles. The summed E-state index contributed by atoms with van der Waals surface area (Å²) in [6.45, 7) is 7.58. The van der Waals surface area contributed by atoms with Gasteiger partial charge >= 0.3 is 5.97 Å². The van der Waals surface area contributed by atoms with Crippen LogP contribution in [0.4, 0.5) is 0 Å². The van der Waals surface area contributed by atoms with Crippen molar-refractivity contribution < 1.29 is 19.4 Å². The maximum Gasteiger partial charge on any atom is 0.336 e. The molecule has 4 rings (SSSR count). The maximum absolute atomic E-state index is 13.0. The number of aromatic nitrogens is 2. The first kappa shape index (κ1) is 27.8. The standard InChI is InChI=1S/C30H37N3O4S/c1-4-37-30-32-27(22-13-14-22)26(16-31-28(34)23(18-38)15-19(2)3)33(30)17-20-9-11-21(12-10-20)24-7-5-6-8-25(24)29(35)36/h5-12,19,22-23,38H,4,13-18H2,1-3H3,(H,31,34)(H,35,36). The first-order valence-corrected chi connectivity index (χ1v) is 14.0. The topological polar surface area (TPSA) is 93.5 Å². The van der Waals surface area contributed by atoms with E-state index in [1.54, 1.807) is 12.1 Å². The number of nitrogens with zero attached hydrogens (tertiary/aromatic N) is 2. The molecule has 3 aromatic rings. The van der Waals surface area contributed by atoms with Crippen LogP contribution in [0.2, 0.25) is 0 Å². The van der Waals surface area contributed by atoms with E-state index in [1.807, 2.05) is 43.3 Å². The second kappa shape index (κ2) is 12.5. The van der Waals surface area contributed by atoms with Gasteiger partial charge in [-0.3, -0.25) is 9.36 Å². The van der Waals surface area contributed by atoms with Gasteiger partial charge in [-0.1, -0.05) is 56.3 Å². The van der Waals surface area contributed by atoms with Crippen LogP contribution >= 0.6 is 12.6 Å². The van der Waals surface area contributed by atoms with E-state index in [4.69, 9.17) is 9.72 Å². The molecule has 1 aliphatic carbocycles. The Morgan fingerprint density at radius 2 is 1.87 bits per heavy atom. The minimum Gasteiger partial charge on any atom is -0.478 e. The number of ether oxygens (including phenoxy) is 1. The van der Waals surface area contributed by atoms with Crippen molar-refractivity contribution in [2.45, 2.75) is 59.0 Å². The number of benzene rings is 2. The number of amides is 1. The minimum atomic E-state index is -0.947. The van der Waals surface area contributed by atoms with E-state index >= 15 is 0 Å². The van der Waals surface area contributed by atoms with E-state index in [2.05, 4.69) is 36.4 Å². The zero-order chi connectivity index (χ0) is 27.2. The van der Waals surface area contributed by atoms with Gasteiger partial charge in [0.25, 0.3) is 6.01 Å². The molecule has 1 fully saturated rings. The Morgan fingerprint density at radius 3 is 2.47 bits per heavy atom. The van der Waals surface area contributed by atoms with Gasteiger partial charge in [0, 0.05) is 17.6 Å². The summed E-state index contributed by atoms with van der Waals surface area (Å²) in [6, 6.07) is 15.5. The quantitative estimate of drug-likeness (QED) is 0.241. The number of carboxylic acids is 1. The third kappa shape index (κ3) is 6.59. The van der Waals surface area contributed by atoms with Gasteiger partial charge in [0.05, 0.1) is 36.6 Å². The van der Waals surface area contributed by atoms with Gasteiger partial charge in [-0.15, -0.1) is 0 Å². The van der Waals surface area contributed by atoms with Crippen LogP contribution in [0, 0.1) is 11.8 Å². The van der Waals surface area contributed by atoms with Crippen molar-refractivity contribution in [3.05, 3.63) is 71.0 Å². The lowest BCUT2D eigenvalue weighted by molar-refractivity contribution is -0.125. The zero-order valence-electron chi connectivity index (χ0n) is 22.3. The lowest BCUT2D eigenvalue weighted by Gasteiger charge is -2.18. The van der Waals surface area contributed by atoms with Gasteiger partial charge in [-0.05, 0) is 54.9 Å². The molecule has 0 radical (unpaired) electrons. The minimum absolute atomic E-state index is 0.0163. The van der Waals surface area contributed by atoms with Gasteiger partial charge in [-0.2, -0.15) is 17.6 Å². The third-order valence-electron chi connectivity index (χ3n) is 6.85. The smallest absolute Gasteiger partial charge is 0.336 e. The van der Waals surface area contributed by atoms with Crippen LogP contribution in [-0.2, 0) is 17.9 Å². The summed E-state index contributed by atoms with van der Waals surface area (Å²) in [4.78, 5) is 29.5. The number of hydrogen-bond donors (Lipinski definition) is 3. The second-order valence-electron chi connectivity index (χ2n) is 10.3. The number of hydrogen-bond acceptors (Lipinski definition) is 5. The summed E-state index contributed by atoms with van der Waals surface area (Å²) in [7, 11) is 0. The highest BCUT2D eigenvalue weighted by Gasteiger charge is 2.32. The van der Waals surface area contributed by atoms with Crippen molar-refractivity contribution in [2.75, 3.05) is 12.4 Å². The highest BCUT2D eigenvalue weighted by molar-refractivity contribution is 7.80. The highest BCUT2D eigenvalue weighted by atomic mass is 32.1. The summed E-state index contributed by atoms with van der Waals surface area (Å²) in [5, 5.41) is 12.7. The van der Waals surface area contributed by atoms with Crippen molar-refractivity contribution in [3.63, 3.8) is 0 Å². The van der Waals surface area contributed by atoms with Gasteiger partial charge in [0.2, 0.25) is 5.91 Å². The average Bonchev–Trinajstić information content (AvgIpc) is 3.70. The van der Waals surface area contributed by atoms with E-state index in [0.29, 0.717) is 48.9 Å². The maximum atomic E-state index is 13.0. The number of carbonyl (C=O) groups excluding carboxylic acids is 1. The molecule has 2 N–H and O–H groups in total. The summed E-state index contributed by atoms with van der Waals surface area (Å²) in [6.07, 6.45) is 2.98. The highest BCUT2D eigenvalue weighted by Crippen LogP contribution is 2.42. The number of rotatable bonds is 13. The number of aromatic carboxylic acids is 1. The Bertz CT molecular complexity index is 1270. The Balaban J connectivity index is 1.60. The molecule has 0 spiro atoms. The molecule has 1 atom stereocenters. The Hall–Kier alpha value is -3.26. The van der Waals surface area contributed by atoms with Crippen LogP contribution in [0.1, 0.15) is 73.3 Å². The third-order valence-corrected chi connectivity index (χ3v) is 7.29. The Labute approximate surface area is 230 Å². The van der Waals surface area contributed by atoms with Crippen LogP contribution in [0.15, 0.2) is 48.5 Å². The molecule has 0 bridgehead atoms. The fraction of sp³-hybridized carbons (Fsp3) is 0.433. The SMILES string of the molecule is CCOc1nc(C2CC2)c(CNC(=O)C(CS)CC(C)C)n1Cc1ccc(-c2ccccc2C(=O)O)cc1. The van der Waals surface area contributed by atoms with Crippen LogP contribution in [0.25, 0.3) is 11.1 Å². The molecule has 1 unspecified atom stereocenters. The number of imidazole rings is 1. The summed E-state index contributed by atoms with van der Waals surface area (Å²) >= 11 is 4.41. The molecule has 1 aliphatic rings. The number of carboxylic acid groups (broad SMARTS) is 1. The van der Waals surface area contributed by atoms with E-state index in [0.717, 1.165) is 41.8 Å². The fourth-order valence-corrected chi connectivity index (χ4v) is 5.11. The lowest BCUT2D eigenvalue weighted by atomic mass is 9.98. The molecule has 0 aliphatic heterocycles. The summed E-state index contributed by atoms with van der Waals surface area (Å²) in [5.41, 5.74) is 4.82. The van der Waals surface area contributed by atoms with E-state index < -0.39 is 5.97 Å². The molecule has 38 heavy (non-hydrogen) atoms. The predicted octanol–water partition coefficient (Wildman–Crippen LogP) is 5.78. The normalized spacial score (nSPS) is 13.9. The molecular weight excluding hydrogens is 498 g/mol. The Morgan fingerprint density at radius 1 is 1.16 bits per heavy atom. The first-order valence-electron chi connectivity index (χ1n) is 13.3. The predicted molar refractivity (Wildman–Crippen MR) is 152 cm³/mol. The zero-order valence-corrected chi connectivity index (χ0v) is 23.2.